The molecule has 0 saturated carbocycles. The standard InChI is InChI=1S/C18H22N2/c1-14-12-17(10-9-16(14)13-19)20-11-5-8-18(20)15-6-3-2-4-7-15/h2-4,6-7,9-10,12,18H,5,8,11,13,19H2,1H3. The van der Waals surface area contributed by atoms with Crippen LogP contribution in [0.4, 0.5) is 5.69 Å². The molecule has 0 aromatic heterocycles. The van der Waals surface area contributed by atoms with Crippen LogP contribution in [0.25, 0.3) is 0 Å². The van der Waals surface area contributed by atoms with Gasteiger partial charge in [-0.15, -0.1) is 0 Å². The minimum Gasteiger partial charge on any atom is -0.364 e. The van der Waals surface area contributed by atoms with Gasteiger partial charge in [0.25, 0.3) is 0 Å². The molecule has 0 bridgehead atoms. The number of hydrogen-bond donors (Lipinski definition) is 1. The summed E-state index contributed by atoms with van der Waals surface area (Å²) in [6.45, 7) is 3.91. The molecule has 0 aliphatic carbocycles. The van der Waals surface area contributed by atoms with Crippen LogP contribution >= 0.6 is 0 Å². The molecular weight excluding hydrogens is 244 g/mol. The Kier molecular flexibility index (Phi) is 3.75. The van der Waals surface area contributed by atoms with Gasteiger partial charge < -0.3 is 10.6 Å². The summed E-state index contributed by atoms with van der Waals surface area (Å²) in [5.41, 5.74) is 11.0. The molecule has 3 rings (SSSR count). The second-order valence-electron chi connectivity index (χ2n) is 5.58. The summed E-state index contributed by atoms with van der Waals surface area (Å²) in [5, 5.41) is 0. The molecule has 2 aromatic carbocycles. The number of hydrogen-bond acceptors (Lipinski definition) is 2. The monoisotopic (exact) mass is 266 g/mol. The Morgan fingerprint density at radius 2 is 1.95 bits per heavy atom. The third kappa shape index (κ3) is 2.44. The van der Waals surface area contributed by atoms with Crippen LogP contribution in [0.5, 0.6) is 0 Å². The molecule has 0 spiro atoms. The van der Waals surface area contributed by atoms with Crippen molar-refractivity contribution in [3.05, 3.63) is 65.2 Å². The van der Waals surface area contributed by atoms with E-state index in [2.05, 4.69) is 60.4 Å². The van der Waals surface area contributed by atoms with Crippen LogP contribution in [-0.2, 0) is 6.54 Å². The lowest BCUT2D eigenvalue weighted by molar-refractivity contribution is 0.719. The third-order valence-corrected chi connectivity index (χ3v) is 4.31. The number of rotatable bonds is 3. The molecule has 1 saturated heterocycles. The van der Waals surface area contributed by atoms with Gasteiger partial charge in [0.15, 0.2) is 0 Å². The number of benzene rings is 2. The lowest BCUT2D eigenvalue weighted by atomic mass is 10.0. The van der Waals surface area contributed by atoms with E-state index in [-0.39, 0.29) is 0 Å². The first-order valence-electron chi connectivity index (χ1n) is 7.41. The highest BCUT2D eigenvalue weighted by Crippen LogP contribution is 2.36. The maximum Gasteiger partial charge on any atom is 0.0543 e. The molecule has 104 valence electrons. The molecule has 1 unspecified atom stereocenters. The van der Waals surface area contributed by atoms with E-state index >= 15 is 0 Å². The highest BCUT2D eigenvalue weighted by Gasteiger charge is 2.26. The second kappa shape index (κ2) is 5.68. The van der Waals surface area contributed by atoms with E-state index in [1.807, 2.05) is 0 Å². The topological polar surface area (TPSA) is 29.3 Å². The van der Waals surface area contributed by atoms with Crippen molar-refractivity contribution in [2.24, 2.45) is 5.73 Å². The van der Waals surface area contributed by atoms with Crippen LogP contribution in [-0.4, -0.2) is 6.54 Å². The summed E-state index contributed by atoms with van der Waals surface area (Å²) in [4.78, 5) is 2.53. The lowest BCUT2D eigenvalue weighted by Gasteiger charge is -2.28. The minimum absolute atomic E-state index is 0.513. The average molecular weight is 266 g/mol. The molecule has 1 heterocycles. The van der Waals surface area contributed by atoms with Gasteiger partial charge in [0.1, 0.15) is 0 Å². The van der Waals surface area contributed by atoms with Crippen molar-refractivity contribution >= 4 is 5.69 Å². The quantitative estimate of drug-likeness (QED) is 0.915. The molecular formula is C18H22N2. The van der Waals surface area contributed by atoms with Gasteiger partial charge in [-0.05, 0) is 48.6 Å². The number of nitrogens with zero attached hydrogens (tertiary/aromatic N) is 1. The maximum absolute atomic E-state index is 5.76. The van der Waals surface area contributed by atoms with E-state index < -0.39 is 0 Å². The normalized spacial score (nSPS) is 18.5. The zero-order chi connectivity index (χ0) is 13.9. The fourth-order valence-electron chi connectivity index (χ4n) is 3.19. The lowest BCUT2D eigenvalue weighted by Crippen LogP contribution is -2.22. The minimum atomic E-state index is 0.513. The van der Waals surface area contributed by atoms with Crippen LogP contribution < -0.4 is 10.6 Å². The van der Waals surface area contributed by atoms with Crippen molar-refractivity contribution < 1.29 is 0 Å². The fraction of sp³-hybridized carbons (Fsp3) is 0.333. The number of nitrogens with two attached hydrogens (primary N) is 1. The van der Waals surface area contributed by atoms with Gasteiger partial charge in [-0.3, -0.25) is 0 Å². The van der Waals surface area contributed by atoms with E-state index in [9.17, 15) is 0 Å². The maximum atomic E-state index is 5.76. The first kappa shape index (κ1) is 13.2. The van der Waals surface area contributed by atoms with Crippen molar-refractivity contribution in [2.45, 2.75) is 32.4 Å². The summed E-state index contributed by atoms with van der Waals surface area (Å²) >= 11 is 0. The summed E-state index contributed by atoms with van der Waals surface area (Å²) in [7, 11) is 0. The Balaban J connectivity index is 1.91. The van der Waals surface area contributed by atoms with E-state index in [4.69, 9.17) is 5.73 Å². The number of anilines is 1. The molecule has 1 atom stereocenters. The van der Waals surface area contributed by atoms with Crippen molar-refractivity contribution in [3.63, 3.8) is 0 Å². The number of aryl methyl sites for hydroxylation is 1. The van der Waals surface area contributed by atoms with Crippen molar-refractivity contribution in [1.29, 1.82) is 0 Å². The molecule has 20 heavy (non-hydrogen) atoms. The average Bonchev–Trinajstić information content (AvgIpc) is 2.97. The SMILES string of the molecule is Cc1cc(N2CCCC2c2ccccc2)ccc1CN. The molecule has 0 amide bonds. The van der Waals surface area contributed by atoms with E-state index in [1.165, 1.54) is 35.2 Å². The zero-order valence-corrected chi connectivity index (χ0v) is 12.0. The summed E-state index contributed by atoms with van der Waals surface area (Å²) < 4.78 is 0. The summed E-state index contributed by atoms with van der Waals surface area (Å²) in [6, 6.07) is 18.0. The largest absolute Gasteiger partial charge is 0.364 e. The molecule has 2 nitrogen and oxygen atoms in total. The Bertz CT molecular complexity index is 577. The van der Waals surface area contributed by atoms with E-state index in [1.54, 1.807) is 0 Å². The zero-order valence-electron chi connectivity index (χ0n) is 12.0. The predicted octanol–water partition coefficient (Wildman–Crippen LogP) is 3.80. The second-order valence-corrected chi connectivity index (χ2v) is 5.58. The van der Waals surface area contributed by atoms with Crippen LogP contribution in [0.1, 0.15) is 35.6 Å². The first-order chi connectivity index (χ1) is 9.79. The van der Waals surface area contributed by atoms with Gasteiger partial charge in [0, 0.05) is 18.8 Å². The van der Waals surface area contributed by atoms with Gasteiger partial charge in [0.2, 0.25) is 0 Å². The fourth-order valence-corrected chi connectivity index (χ4v) is 3.19. The first-order valence-corrected chi connectivity index (χ1v) is 7.41. The van der Waals surface area contributed by atoms with Crippen LogP contribution in [0.2, 0.25) is 0 Å². The molecule has 1 aliphatic heterocycles. The Morgan fingerprint density at radius 1 is 1.15 bits per heavy atom. The van der Waals surface area contributed by atoms with Gasteiger partial charge in [-0.25, -0.2) is 0 Å². The van der Waals surface area contributed by atoms with Crippen LogP contribution in [0, 0.1) is 6.92 Å². The Hall–Kier alpha value is -1.80. The van der Waals surface area contributed by atoms with Crippen LogP contribution in [0.3, 0.4) is 0 Å². The van der Waals surface area contributed by atoms with Crippen LogP contribution in [0.15, 0.2) is 48.5 Å². The summed E-state index contributed by atoms with van der Waals surface area (Å²) in [6.07, 6.45) is 2.50. The third-order valence-electron chi connectivity index (χ3n) is 4.31. The van der Waals surface area contributed by atoms with Gasteiger partial charge >= 0.3 is 0 Å². The predicted molar refractivity (Wildman–Crippen MR) is 84.8 cm³/mol. The van der Waals surface area contributed by atoms with Gasteiger partial charge in [-0.1, -0.05) is 36.4 Å². The molecule has 2 N–H and O–H groups in total. The van der Waals surface area contributed by atoms with Crippen molar-refractivity contribution in [2.75, 3.05) is 11.4 Å². The van der Waals surface area contributed by atoms with E-state index in [0.717, 1.165) is 6.54 Å². The van der Waals surface area contributed by atoms with E-state index in [0.29, 0.717) is 12.6 Å². The molecule has 1 aliphatic rings. The molecule has 1 fully saturated rings. The highest BCUT2D eigenvalue weighted by molar-refractivity contribution is 5.53. The van der Waals surface area contributed by atoms with Gasteiger partial charge in [0.05, 0.1) is 6.04 Å². The molecule has 2 heteroatoms. The summed E-state index contributed by atoms with van der Waals surface area (Å²) in [5.74, 6) is 0. The van der Waals surface area contributed by atoms with Gasteiger partial charge in [-0.2, -0.15) is 0 Å². The smallest absolute Gasteiger partial charge is 0.0543 e. The highest BCUT2D eigenvalue weighted by atomic mass is 15.2. The van der Waals surface area contributed by atoms with Crippen molar-refractivity contribution in [1.82, 2.24) is 0 Å². The van der Waals surface area contributed by atoms with Crippen molar-refractivity contribution in [3.8, 4) is 0 Å². The molecule has 0 radical (unpaired) electrons. The molecule has 2 aromatic rings. The Morgan fingerprint density at radius 3 is 2.65 bits per heavy atom. The Labute approximate surface area is 121 Å².